The fourth-order valence-corrected chi connectivity index (χ4v) is 1.87. The molecule has 19 heavy (non-hydrogen) atoms. The number of nitrogens with one attached hydrogen (secondary N) is 1. The predicted octanol–water partition coefficient (Wildman–Crippen LogP) is 1.67. The van der Waals surface area contributed by atoms with Crippen LogP contribution < -0.4 is 5.32 Å². The van der Waals surface area contributed by atoms with Gasteiger partial charge in [0, 0.05) is 7.05 Å². The van der Waals surface area contributed by atoms with Gasteiger partial charge in [0.15, 0.2) is 6.61 Å². The predicted molar refractivity (Wildman–Crippen MR) is 72.7 cm³/mol. The summed E-state index contributed by atoms with van der Waals surface area (Å²) in [6, 6.07) is 13.6. The summed E-state index contributed by atoms with van der Waals surface area (Å²) in [4.78, 5) is 22.7. The summed E-state index contributed by atoms with van der Waals surface area (Å²) in [5.74, 6) is -0.716. The van der Waals surface area contributed by atoms with E-state index in [9.17, 15) is 9.59 Å². The van der Waals surface area contributed by atoms with Crippen molar-refractivity contribution in [3.05, 3.63) is 48.0 Å². The standard InChI is InChI=1S/C15H15NO3/c1-16-14(17)10-19-15(18)9-12-7-4-6-11-5-2-3-8-13(11)12/h2-8H,9-10H2,1H3,(H,16,17). The Morgan fingerprint density at radius 3 is 2.63 bits per heavy atom. The number of hydrogen-bond donors (Lipinski definition) is 1. The molecule has 2 aromatic rings. The van der Waals surface area contributed by atoms with E-state index in [1.807, 2.05) is 42.5 Å². The zero-order chi connectivity index (χ0) is 13.7. The van der Waals surface area contributed by atoms with Crippen LogP contribution in [-0.2, 0) is 20.7 Å². The van der Waals surface area contributed by atoms with Gasteiger partial charge < -0.3 is 10.1 Å². The van der Waals surface area contributed by atoms with Crippen LogP contribution in [0.15, 0.2) is 42.5 Å². The average Bonchev–Trinajstić information content (AvgIpc) is 2.45. The fourth-order valence-electron chi connectivity index (χ4n) is 1.87. The molecule has 2 rings (SSSR count). The summed E-state index contributed by atoms with van der Waals surface area (Å²) in [6.07, 6.45) is 0.165. The van der Waals surface area contributed by atoms with Crippen molar-refractivity contribution in [3.63, 3.8) is 0 Å². The number of rotatable bonds is 4. The third-order valence-electron chi connectivity index (χ3n) is 2.86. The molecule has 4 heteroatoms. The van der Waals surface area contributed by atoms with E-state index in [-0.39, 0.29) is 18.9 Å². The summed E-state index contributed by atoms with van der Waals surface area (Å²) in [5.41, 5.74) is 0.903. The van der Waals surface area contributed by atoms with Crippen LogP contribution >= 0.6 is 0 Å². The Hall–Kier alpha value is -2.36. The van der Waals surface area contributed by atoms with E-state index in [2.05, 4.69) is 5.32 Å². The van der Waals surface area contributed by atoms with Crippen LogP contribution in [0.2, 0.25) is 0 Å². The number of ether oxygens (including phenoxy) is 1. The van der Waals surface area contributed by atoms with Gasteiger partial charge in [0.1, 0.15) is 0 Å². The molecule has 0 radical (unpaired) electrons. The minimum atomic E-state index is -0.403. The van der Waals surface area contributed by atoms with E-state index in [0.717, 1.165) is 16.3 Å². The van der Waals surface area contributed by atoms with Crippen LogP contribution in [0.25, 0.3) is 10.8 Å². The monoisotopic (exact) mass is 257 g/mol. The largest absolute Gasteiger partial charge is 0.455 e. The topological polar surface area (TPSA) is 55.4 Å². The molecule has 1 amide bonds. The number of fused-ring (bicyclic) bond motifs is 1. The molecule has 2 aromatic carbocycles. The van der Waals surface area contributed by atoms with Gasteiger partial charge in [0.05, 0.1) is 6.42 Å². The number of likely N-dealkylation sites (N-methyl/N-ethyl adjacent to an activating group) is 1. The minimum Gasteiger partial charge on any atom is -0.455 e. The second kappa shape index (κ2) is 6.00. The molecule has 0 heterocycles. The van der Waals surface area contributed by atoms with Crippen LogP contribution in [0.4, 0.5) is 0 Å². The molecule has 0 spiro atoms. The zero-order valence-electron chi connectivity index (χ0n) is 10.7. The molecule has 0 aliphatic heterocycles. The van der Waals surface area contributed by atoms with Gasteiger partial charge in [-0.3, -0.25) is 9.59 Å². The highest BCUT2D eigenvalue weighted by Gasteiger charge is 2.09. The number of amides is 1. The van der Waals surface area contributed by atoms with Crippen molar-refractivity contribution in [3.8, 4) is 0 Å². The maximum absolute atomic E-state index is 11.7. The second-order valence-electron chi connectivity index (χ2n) is 4.15. The van der Waals surface area contributed by atoms with E-state index < -0.39 is 5.97 Å². The first-order chi connectivity index (χ1) is 9.20. The van der Waals surface area contributed by atoms with Gasteiger partial charge in [0.2, 0.25) is 0 Å². The molecular formula is C15H15NO3. The third kappa shape index (κ3) is 3.31. The van der Waals surface area contributed by atoms with Gasteiger partial charge in [-0.1, -0.05) is 42.5 Å². The van der Waals surface area contributed by atoms with Crippen LogP contribution in [0.5, 0.6) is 0 Å². The van der Waals surface area contributed by atoms with Gasteiger partial charge in [0.25, 0.3) is 5.91 Å². The van der Waals surface area contributed by atoms with E-state index in [1.54, 1.807) is 0 Å². The molecule has 4 nitrogen and oxygen atoms in total. The molecule has 0 atom stereocenters. The molecule has 0 aliphatic carbocycles. The Balaban J connectivity index is 2.09. The van der Waals surface area contributed by atoms with Crippen molar-refractivity contribution >= 4 is 22.6 Å². The number of carbonyl (C=O) groups excluding carboxylic acids is 2. The van der Waals surface area contributed by atoms with Crippen molar-refractivity contribution < 1.29 is 14.3 Å². The average molecular weight is 257 g/mol. The van der Waals surface area contributed by atoms with Gasteiger partial charge in [-0.05, 0) is 16.3 Å². The normalized spacial score (nSPS) is 10.2. The highest BCUT2D eigenvalue weighted by molar-refractivity contribution is 5.89. The maximum Gasteiger partial charge on any atom is 0.310 e. The Morgan fingerprint density at radius 1 is 1.11 bits per heavy atom. The molecule has 0 unspecified atom stereocenters. The lowest BCUT2D eigenvalue weighted by molar-refractivity contribution is -0.147. The Labute approximate surface area is 111 Å². The molecule has 0 fully saturated rings. The van der Waals surface area contributed by atoms with Crippen molar-refractivity contribution in [2.45, 2.75) is 6.42 Å². The summed E-state index contributed by atoms with van der Waals surface area (Å²) < 4.78 is 4.90. The van der Waals surface area contributed by atoms with Gasteiger partial charge in [-0.2, -0.15) is 0 Å². The first-order valence-corrected chi connectivity index (χ1v) is 6.03. The van der Waals surface area contributed by atoms with E-state index in [0.29, 0.717) is 0 Å². The summed E-state index contributed by atoms with van der Waals surface area (Å²) in [7, 11) is 1.50. The molecular weight excluding hydrogens is 242 g/mol. The Kier molecular flexibility index (Phi) is 4.13. The Morgan fingerprint density at radius 2 is 1.84 bits per heavy atom. The van der Waals surface area contributed by atoms with E-state index in [1.165, 1.54) is 7.05 Å². The molecule has 0 aliphatic rings. The lowest BCUT2D eigenvalue weighted by atomic mass is 10.0. The number of carbonyl (C=O) groups is 2. The number of hydrogen-bond acceptors (Lipinski definition) is 3. The Bertz CT molecular complexity index is 602. The smallest absolute Gasteiger partial charge is 0.310 e. The third-order valence-corrected chi connectivity index (χ3v) is 2.86. The van der Waals surface area contributed by atoms with Crippen molar-refractivity contribution in [2.24, 2.45) is 0 Å². The first-order valence-electron chi connectivity index (χ1n) is 6.03. The molecule has 1 N–H and O–H groups in total. The summed E-state index contributed by atoms with van der Waals surface area (Å²) >= 11 is 0. The highest BCUT2D eigenvalue weighted by Crippen LogP contribution is 2.19. The first kappa shape index (κ1) is 13.1. The molecule has 98 valence electrons. The number of benzene rings is 2. The number of esters is 1. The van der Waals surface area contributed by atoms with Crippen LogP contribution in [0.1, 0.15) is 5.56 Å². The summed E-state index contributed by atoms with van der Waals surface area (Å²) in [6.45, 7) is -0.236. The van der Waals surface area contributed by atoms with Crippen LogP contribution in [0, 0.1) is 0 Å². The summed E-state index contributed by atoms with van der Waals surface area (Å²) in [5, 5.41) is 4.51. The quantitative estimate of drug-likeness (QED) is 0.848. The molecule has 0 saturated carbocycles. The second-order valence-corrected chi connectivity index (χ2v) is 4.15. The van der Waals surface area contributed by atoms with Crippen LogP contribution in [-0.4, -0.2) is 25.5 Å². The van der Waals surface area contributed by atoms with Gasteiger partial charge >= 0.3 is 5.97 Å². The van der Waals surface area contributed by atoms with Crippen molar-refractivity contribution in [2.75, 3.05) is 13.7 Å². The van der Waals surface area contributed by atoms with E-state index in [4.69, 9.17) is 4.74 Å². The zero-order valence-corrected chi connectivity index (χ0v) is 10.7. The maximum atomic E-state index is 11.7. The SMILES string of the molecule is CNC(=O)COC(=O)Cc1cccc2ccccc12. The molecule has 0 bridgehead atoms. The highest BCUT2D eigenvalue weighted by atomic mass is 16.5. The van der Waals surface area contributed by atoms with E-state index >= 15 is 0 Å². The van der Waals surface area contributed by atoms with Crippen LogP contribution in [0.3, 0.4) is 0 Å². The molecule has 0 saturated heterocycles. The lowest BCUT2D eigenvalue weighted by Gasteiger charge is -2.07. The minimum absolute atomic E-state index is 0.165. The van der Waals surface area contributed by atoms with Crippen molar-refractivity contribution in [1.82, 2.24) is 5.32 Å². The molecule has 0 aromatic heterocycles. The fraction of sp³-hybridized carbons (Fsp3) is 0.200. The van der Waals surface area contributed by atoms with Crippen molar-refractivity contribution in [1.29, 1.82) is 0 Å². The van der Waals surface area contributed by atoms with Gasteiger partial charge in [-0.25, -0.2) is 0 Å². The lowest BCUT2D eigenvalue weighted by Crippen LogP contribution is -2.25. The van der Waals surface area contributed by atoms with Gasteiger partial charge in [-0.15, -0.1) is 0 Å².